The van der Waals surface area contributed by atoms with Gasteiger partial charge in [-0.15, -0.1) is 11.3 Å². The molecule has 0 spiro atoms. The summed E-state index contributed by atoms with van der Waals surface area (Å²) in [5.74, 6) is -2.82. The minimum atomic E-state index is -4.90. The van der Waals surface area contributed by atoms with E-state index in [0.29, 0.717) is 44.7 Å². The third-order valence-corrected chi connectivity index (χ3v) is 8.65. The molecule has 1 aliphatic rings. The zero-order valence-corrected chi connectivity index (χ0v) is 25.0. The lowest BCUT2D eigenvalue weighted by atomic mass is 9.94. The van der Waals surface area contributed by atoms with Crippen LogP contribution >= 0.6 is 22.9 Å². The SMILES string of the molecule is COc1ccc(CN2C(=O)c3c(c(NC(=O)c4cc(F)cc(C(F)(F)F)c4)cc4sc(C)nc34)C2c2cc(F)ccc2Cl)cc1. The summed E-state index contributed by atoms with van der Waals surface area (Å²) >= 11 is 7.82. The Morgan fingerprint density at radius 1 is 1.04 bits per heavy atom. The highest BCUT2D eigenvalue weighted by Crippen LogP contribution is 2.49. The Morgan fingerprint density at radius 3 is 2.47 bits per heavy atom. The number of alkyl halides is 3. The summed E-state index contributed by atoms with van der Waals surface area (Å²) in [5, 5.41) is 3.34. The molecular formula is C32H21ClF5N3O3S. The summed E-state index contributed by atoms with van der Waals surface area (Å²) < 4.78 is 74.9. The lowest BCUT2D eigenvalue weighted by molar-refractivity contribution is -0.137. The highest BCUT2D eigenvalue weighted by atomic mass is 35.5. The van der Waals surface area contributed by atoms with Crippen molar-refractivity contribution in [2.24, 2.45) is 0 Å². The third-order valence-electron chi connectivity index (χ3n) is 7.39. The van der Waals surface area contributed by atoms with Crippen molar-refractivity contribution in [1.29, 1.82) is 0 Å². The number of ether oxygens (including phenoxy) is 1. The fraction of sp³-hybridized carbons (Fsp3) is 0.156. The fourth-order valence-corrected chi connectivity index (χ4v) is 6.53. The molecule has 1 N–H and O–H groups in total. The number of benzene rings is 4. The van der Waals surface area contributed by atoms with Crippen LogP contribution in [0.15, 0.2) is 66.7 Å². The largest absolute Gasteiger partial charge is 0.497 e. The molecule has 1 unspecified atom stereocenters. The summed E-state index contributed by atoms with van der Waals surface area (Å²) in [6.45, 7) is 1.77. The number of hydrogen-bond donors (Lipinski definition) is 1. The van der Waals surface area contributed by atoms with Crippen LogP contribution in [0.1, 0.15) is 54.0 Å². The lowest BCUT2D eigenvalue weighted by Crippen LogP contribution is -2.29. The monoisotopic (exact) mass is 657 g/mol. The molecule has 4 aromatic carbocycles. The summed E-state index contributed by atoms with van der Waals surface area (Å²) in [6, 6.07) is 12.6. The van der Waals surface area contributed by atoms with Crippen LogP contribution in [0.5, 0.6) is 5.75 Å². The molecule has 1 aliphatic heterocycles. The van der Waals surface area contributed by atoms with Crippen LogP contribution in [-0.4, -0.2) is 28.8 Å². The number of methoxy groups -OCH3 is 1. The van der Waals surface area contributed by atoms with Crippen LogP contribution in [0.4, 0.5) is 27.6 Å². The first-order valence-corrected chi connectivity index (χ1v) is 14.6. The zero-order valence-electron chi connectivity index (χ0n) is 23.4. The Kier molecular flexibility index (Phi) is 7.74. The van der Waals surface area contributed by atoms with Crippen LogP contribution in [0.3, 0.4) is 0 Å². The Bertz CT molecular complexity index is 2000. The number of nitrogens with zero attached hydrogens (tertiary/aromatic N) is 2. The number of anilines is 1. The van der Waals surface area contributed by atoms with Gasteiger partial charge in [-0.3, -0.25) is 9.59 Å². The van der Waals surface area contributed by atoms with Crippen LogP contribution in [-0.2, 0) is 12.7 Å². The number of halogens is 6. The summed E-state index contributed by atoms with van der Waals surface area (Å²) in [7, 11) is 1.52. The maximum absolute atomic E-state index is 14.7. The highest BCUT2D eigenvalue weighted by molar-refractivity contribution is 7.18. The van der Waals surface area contributed by atoms with Gasteiger partial charge in [0.15, 0.2) is 0 Å². The first-order valence-electron chi connectivity index (χ1n) is 13.4. The van der Waals surface area contributed by atoms with Gasteiger partial charge >= 0.3 is 6.18 Å². The number of aromatic nitrogens is 1. The van der Waals surface area contributed by atoms with Gasteiger partial charge in [-0.05, 0) is 67.1 Å². The first-order chi connectivity index (χ1) is 21.3. The van der Waals surface area contributed by atoms with Crippen molar-refractivity contribution in [1.82, 2.24) is 9.88 Å². The maximum Gasteiger partial charge on any atom is 0.416 e. The first kappa shape index (κ1) is 30.5. The van der Waals surface area contributed by atoms with Crippen molar-refractivity contribution in [2.45, 2.75) is 25.7 Å². The summed E-state index contributed by atoms with van der Waals surface area (Å²) in [5.41, 5.74) is -0.265. The van der Waals surface area contributed by atoms with Crippen molar-refractivity contribution >= 4 is 50.7 Å². The average Bonchev–Trinajstić information content (AvgIpc) is 3.50. The van der Waals surface area contributed by atoms with E-state index in [1.165, 1.54) is 35.5 Å². The van der Waals surface area contributed by atoms with E-state index in [-0.39, 0.29) is 33.9 Å². The molecule has 0 fully saturated rings. The van der Waals surface area contributed by atoms with Crippen LogP contribution in [0, 0.1) is 18.6 Å². The van der Waals surface area contributed by atoms with Gasteiger partial charge in [0.25, 0.3) is 11.8 Å². The normalized spacial score (nSPS) is 14.6. The number of carbonyl (C=O) groups excluding carboxylic acids is 2. The number of amides is 2. The molecule has 0 saturated carbocycles. The maximum atomic E-state index is 14.7. The highest BCUT2D eigenvalue weighted by Gasteiger charge is 2.43. The fourth-order valence-electron chi connectivity index (χ4n) is 5.43. The second-order valence-corrected chi connectivity index (χ2v) is 12.0. The molecule has 0 saturated heterocycles. The second-order valence-electron chi connectivity index (χ2n) is 10.3. The number of aryl methyl sites for hydroxylation is 1. The molecule has 0 bridgehead atoms. The van der Waals surface area contributed by atoms with Gasteiger partial charge in [0.1, 0.15) is 17.4 Å². The summed E-state index contributed by atoms with van der Waals surface area (Å²) in [6.07, 6.45) is -4.90. The van der Waals surface area contributed by atoms with Crippen LogP contribution in [0.25, 0.3) is 10.2 Å². The van der Waals surface area contributed by atoms with E-state index in [1.54, 1.807) is 37.3 Å². The number of carbonyl (C=O) groups is 2. The van der Waals surface area contributed by atoms with Crippen molar-refractivity contribution in [3.8, 4) is 5.75 Å². The molecule has 5 aromatic rings. The van der Waals surface area contributed by atoms with Crippen LogP contribution in [0.2, 0.25) is 5.02 Å². The standard InChI is InChI=1S/C32H21ClF5N3O3S/c1-15-39-28-25(45-15)13-24(40-30(42)17-9-18(32(36,37)38)11-20(35)10-17)26-27(28)31(43)41(14-16-3-6-21(44-2)7-4-16)29(26)22-12-19(34)5-8-23(22)33/h3-13,29H,14H2,1-2H3,(H,40,42). The molecule has 1 atom stereocenters. The van der Waals surface area contributed by atoms with Gasteiger partial charge in [0.2, 0.25) is 0 Å². The summed E-state index contributed by atoms with van der Waals surface area (Å²) in [4.78, 5) is 33.7. The number of rotatable bonds is 6. The van der Waals surface area contributed by atoms with Gasteiger partial charge in [0, 0.05) is 33.9 Å². The van der Waals surface area contributed by atoms with E-state index in [0.717, 1.165) is 6.07 Å². The van der Waals surface area contributed by atoms with Crippen molar-refractivity contribution in [3.63, 3.8) is 0 Å². The Hall–Kier alpha value is -4.55. The second kappa shape index (κ2) is 11.4. The molecule has 2 heterocycles. The molecule has 6 rings (SSSR count). The van der Waals surface area contributed by atoms with E-state index in [9.17, 15) is 31.5 Å². The molecular weight excluding hydrogens is 637 g/mol. The predicted octanol–water partition coefficient (Wildman–Crippen LogP) is 8.56. The van der Waals surface area contributed by atoms with E-state index >= 15 is 0 Å². The molecule has 45 heavy (non-hydrogen) atoms. The van der Waals surface area contributed by atoms with Crippen molar-refractivity contribution in [2.75, 3.05) is 12.4 Å². The minimum Gasteiger partial charge on any atom is -0.497 e. The topological polar surface area (TPSA) is 71.5 Å². The molecule has 230 valence electrons. The van der Waals surface area contributed by atoms with Gasteiger partial charge in [-0.1, -0.05) is 23.7 Å². The zero-order chi connectivity index (χ0) is 32.2. The van der Waals surface area contributed by atoms with E-state index in [4.69, 9.17) is 16.3 Å². The molecule has 0 aliphatic carbocycles. The number of thiazole rings is 1. The lowest BCUT2D eigenvalue weighted by Gasteiger charge is -2.28. The van der Waals surface area contributed by atoms with E-state index in [2.05, 4.69) is 10.3 Å². The van der Waals surface area contributed by atoms with Crippen molar-refractivity contribution in [3.05, 3.63) is 122 Å². The van der Waals surface area contributed by atoms with Gasteiger partial charge in [0.05, 0.1) is 39.5 Å². The van der Waals surface area contributed by atoms with E-state index in [1.807, 2.05) is 0 Å². The average molecular weight is 658 g/mol. The molecule has 6 nitrogen and oxygen atoms in total. The molecule has 2 amide bonds. The molecule has 1 aromatic heterocycles. The Balaban J connectivity index is 1.54. The number of fused-ring (bicyclic) bond motifs is 3. The van der Waals surface area contributed by atoms with Gasteiger partial charge in [-0.25, -0.2) is 13.8 Å². The Labute approximate surface area is 262 Å². The molecule has 13 heteroatoms. The van der Waals surface area contributed by atoms with Gasteiger partial charge < -0.3 is 15.0 Å². The minimum absolute atomic E-state index is 0.0336. The molecule has 0 radical (unpaired) electrons. The quantitative estimate of drug-likeness (QED) is 0.186. The Morgan fingerprint density at radius 2 is 1.78 bits per heavy atom. The predicted molar refractivity (Wildman–Crippen MR) is 160 cm³/mol. The third kappa shape index (κ3) is 5.71. The van der Waals surface area contributed by atoms with E-state index < -0.39 is 46.8 Å². The number of hydrogen-bond acceptors (Lipinski definition) is 5. The van der Waals surface area contributed by atoms with Crippen molar-refractivity contribution < 1.29 is 36.3 Å². The van der Waals surface area contributed by atoms with Gasteiger partial charge in [-0.2, -0.15) is 13.2 Å². The smallest absolute Gasteiger partial charge is 0.416 e. The number of nitrogens with one attached hydrogen (secondary N) is 1. The van der Waals surface area contributed by atoms with Crippen LogP contribution < -0.4 is 10.1 Å².